The molecule has 3 nitrogen and oxygen atoms in total. The number of nitrogens with one attached hydrogen (secondary N) is 2. The van der Waals surface area contributed by atoms with Gasteiger partial charge in [-0.2, -0.15) is 0 Å². The van der Waals surface area contributed by atoms with E-state index in [4.69, 9.17) is 0 Å². The van der Waals surface area contributed by atoms with Gasteiger partial charge in [0.15, 0.2) is 0 Å². The van der Waals surface area contributed by atoms with E-state index in [1.165, 1.54) is 24.0 Å². The van der Waals surface area contributed by atoms with E-state index in [0.29, 0.717) is 12.3 Å². The summed E-state index contributed by atoms with van der Waals surface area (Å²) in [5.74, 6) is 0.788. The number of carbonyl (C=O) groups is 1. The Bertz CT molecular complexity index is 442. The zero-order valence-corrected chi connectivity index (χ0v) is 13.2. The van der Waals surface area contributed by atoms with Gasteiger partial charge in [-0.15, -0.1) is 12.4 Å². The normalized spacial score (nSPS) is 15.5. The molecular weight excluding hydrogens is 272 g/mol. The first-order valence-electron chi connectivity index (χ1n) is 7.18. The van der Waals surface area contributed by atoms with Gasteiger partial charge in [0, 0.05) is 6.54 Å². The highest BCUT2D eigenvalue weighted by molar-refractivity contribution is 5.85. The van der Waals surface area contributed by atoms with Crippen molar-refractivity contribution in [2.75, 3.05) is 19.6 Å². The topological polar surface area (TPSA) is 41.1 Å². The Morgan fingerprint density at radius 1 is 1.30 bits per heavy atom. The lowest BCUT2D eigenvalue weighted by Crippen LogP contribution is -2.36. The zero-order chi connectivity index (χ0) is 13.7. The van der Waals surface area contributed by atoms with E-state index in [9.17, 15) is 4.79 Å². The van der Waals surface area contributed by atoms with E-state index in [2.05, 4.69) is 42.7 Å². The Kier molecular flexibility index (Phi) is 7.03. The number of amides is 1. The maximum Gasteiger partial charge on any atom is 0.224 e. The Morgan fingerprint density at radius 2 is 2.00 bits per heavy atom. The van der Waals surface area contributed by atoms with Crippen molar-refractivity contribution in [2.45, 2.75) is 33.1 Å². The van der Waals surface area contributed by atoms with Crippen molar-refractivity contribution >= 4 is 18.3 Å². The second kappa shape index (κ2) is 8.28. The Labute approximate surface area is 127 Å². The van der Waals surface area contributed by atoms with Crippen molar-refractivity contribution in [1.29, 1.82) is 0 Å². The summed E-state index contributed by atoms with van der Waals surface area (Å²) < 4.78 is 0. The summed E-state index contributed by atoms with van der Waals surface area (Å²) in [6.45, 7) is 7.12. The number of halogens is 1. The van der Waals surface area contributed by atoms with Crippen LogP contribution in [0.15, 0.2) is 18.2 Å². The Morgan fingerprint density at radius 3 is 2.70 bits per heavy atom. The van der Waals surface area contributed by atoms with Crippen LogP contribution in [0, 0.1) is 19.8 Å². The molecule has 1 aromatic rings. The number of hydrogen-bond donors (Lipinski definition) is 2. The van der Waals surface area contributed by atoms with Gasteiger partial charge >= 0.3 is 0 Å². The van der Waals surface area contributed by atoms with Gasteiger partial charge in [0.25, 0.3) is 0 Å². The van der Waals surface area contributed by atoms with Crippen LogP contribution in [-0.4, -0.2) is 25.5 Å². The number of rotatable bonds is 4. The molecule has 2 N–H and O–H groups in total. The standard InChI is InChI=1S/C16H24N2O.ClH/c1-12-3-4-13(2)15(9-12)10-16(19)18-11-14-5-7-17-8-6-14;/h3-4,9,14,17H,5-8,10-11H2,1-2H3,(H,18,19);1H. The lowest BCUT2D eigenvalue weighted by molar-refractivity contribution is -0.120. The predicted octanol–water partition coefficient (Wildman–Crippen LogP) is 2.38. The van der Waals surface area contributed by atoms with Crippen LogP contribution in [0.4, 0.5) is 0 Å². The highest BCUT2D eigenvalue weighted by atomic mass is 35.5. The molecule has 0 bridgehead atoms. The molecule has 1 fully saturated rings. The molecule has 20 heavy (non-hydrogen) atoms. The van der Waals surface area contributed by atoms with Gasteiger partial charge < -0.3 is 10.6 Å². The molecule has 1 amide bonds. The second-order valence-electron chi connectivity index (χ2n) is 5.60. The molecule has 0 unspecified atom stereocenters. The molecule has 0 saturated carbocycles. The SMILES string of the molecule is Cc1ccc(C)c(CC(=O)NCC2CCNCC2)c1.Cl. The van der Waals surface area contributed by atoms with Crippen molar-refractivity contribution in [3.05, 3.63) is 34.9 Å². The molecule has 1 aliphatic rings. The lowest BCUT2D eigenvalue weighted by atomic mass is 9.98. The highest BCUT2D eigenvalue weighted by Gasteiger charge is 2.14. The van der Waals surface area contributed by atoms with E-state index in [0.717, 1.165) is 25.2 Å². The van der Waals surface area contributed by atoms with Crippen molar-refractivity contribution in [3.8, 4) is 0 Å². The Hall–Kier alpha value is -1.06. The minimum atomic E-state index is 0. The fourth-order valence-corrected chi connectivity index (χ4v) is 2.57. The summed E-state index contributed by atoms with van der Waals surface area (Å²) in [4.78, 5) is 12.0. The van der Waals surface area contributed by atoms with Crippen LogP contribution in [0.5, 0.6) is 0 Å². The molecule has 1 aliphatic heterocycles. The average Bonchev–Trinajstić information content (AvgIpc) is 2.42. The number of hydrogen-bond acceptors (Lipinski definition) is 2. The number of piperidine rings is 1. The van der Waals surface area contributed by atoms with Crippen molar-refractivity contribution in [1.82, 2.24) is 10.6 Å². The van der Waals surface area contributed by atoms with Gasteiger partial charge in [-0.3, -0.25) is 4.79 Å². The predicted molar refractivity (Wildman–Crippen MR) is 85.5 cm³/mol. The first-order valence-corrected chi connectivity index (χ1v) is 7.18. The van der Waals surface area contributed by atoms with E-state index in [-0.39, 0.29) is 18.3 Å². The number of aryl methyl sites for hydroxylation is 2. The third-order valence-electron chi connectivity index (χ3n) is 3.90. The van der Waals surface area contributed by atoms with E-state index in [1.54, 1.807) is 0 Å². The zero-order valence-electron chi connectivity index (χ0n) is 12.4. The van der Waals surface area contributed by atoms with Gasteiger partial charge in [0.2, 0.25) is 5.91 Å². The monoisotopic (exact) mass is 296 g/mol. The molecule has 1 aromatic carbocycles. The van der Waals surface area contributed by atoms with Crippen LogP contribution >= 0.6 is 12.4 Å². The van der Waals surface area contributed by atoms with Crippen LogP contribution in [0.2, 0.25) is 0 Å². The fraction of sp³-hybridized carbons (Fsp3) is 0.562. The maximum absolute atomic E-state index is 12.0. The smallest absolute Gasteiger partial charge is 0.224 e. The maximum atomic E-state index is 12.0. The van der Waals surface area contributed by atoms with Gasteiger partial charge in [-0.1, -0.05) is 23.8 Å². The molecule has 0 atom stereocenters. The van der Waals surface area contributed by atoms with Gasteiger partial charge in [-0.05, 0) is 56.8 Å². The van der Waals surface area contributed by atoms with Crippen molar-refractivity contribution in [3.63, 3.8) is 0 Å². The number of benzene rings is 1. The van der Waals surface area contributed by atoms with Crippen LogP contribution in [0.25, 0.3) is 0 Å². The minimum Gasteiger partial charge on any atom is -0.356 e. The van der Waals surface area contributed by atoms with E-state index >= 15 is 0 Å². The first-order chi connectivity index (χ1) is 9.15. The molecule has 1 saturated heterocycles. The quantitative estimate of drug-likeness (QED) is 0.896. The Balaban J connectivity index is 0.00000200. The summed E-state index contributed by atoms with van der Waals surface area (Å²) in [6.07, 6.45) is 2.84. The summed E-state index contributed by atoms with van der Waals surface area (Å²) in [5, 5.41) is 6.42. The van der Waals surface area contributed by atoms with E-state index in [1.807, 2.05) is 0 Å². The second-order valence-corrected chi connectivity index (χ2v) is 5.60. The van der Waals surface area contributed by atoms with Gasteiger partial charge in [-0.25, -0.2) is 0 Å². The van der Waals surface area contributed by atoms with Crippen molar-refractivity contribution in [2.24, 2.45) is 5.92 Å². The fourth-order valence-electron chi connectivity index (χ4n) is 2.57. The molecule has 0 aliphatic carbocycles. The number of carbonyl (C=O) groups excluding carboxylic acids is 1. The van der Waals surface area contributed by atoms with Crippen LogP contribution in [-0.2, 0) is 11.2 Å². The van der Waals surface area contributed by atoms with Gasteiger partial charge in [0.1, 0.15) is 0 Å². The van der Waals surface area contributed by atoms with Crippen LogP contribution in [0.1, 0.15) is 29.5 Å². The highest BCUT2D eigenvalue weighted by Crippen LogP contribution is 2.12. The molecular formula is C16H25ClN2O. The summed E-state index contributed by atoms with van der Waals surface area (Å²) in [7, 11) is 0. The van der Waals surface area contributed by atoms with Gasteiger partial charge in [0.05, 0.1) is 6.42 Å². The van der Waals surface area contributed by atoms with E-state index < -0.39 is 0 Å². The molecule has 0 spiro atoms. The molecule has 112 valence electrons. The largest absolute Gasteiger partial charge is 0.356 e. The summed E-state index contributed by atoms with van der Waals surface area (Å²) in [6, 6.07) is 6.29. The molecule has 4 heteroatoms. The summed E-state index contributed by atoms with van der Waals surface area (Å²) >= 11 is 0. The average molecular weight is 297 g/mol. The van der Waals surface area contributed by atoms with Crippen molar-refractivity contribution < 1.29 is 4.79 Å². The third-order valence-corrected chi connectivity index (χ3v) is 3.90. The summed E-state index contributed by atoms with van der Waals surface area (Å²) in [5.41, 5.74) is 3.55. The lowest BCUT2D eigenvalue weighted by Gasteiger charge is -2.22. The van der Waals surface area contributed by atoms with Crippen LogP contribution < -0.4 is 10.6 Å². The first kappa shape index (κ1) is 17.0. The molecule has 2 rings (SSSR count). The molecule has 0 aromatic heterocycles. The minimum absolute atomic E-state index is 0. The van der Waals surface area contributed by atoms with Crippen LogP contribution in [0.3, 0.4) is 0 Å². The third kappa shape index (κ3) is 5.14. The molecule has 0 radical (unpaired) electrons. The molecule has 1 heterocycles.